The number of nitrogens with zero attached hydrogens (tertiary/aromatic N) is 1. The monoisotopic (exact) mass is 262 g/mol. The number of carboxylic acids is 1. The number of carbonyl (C=O) groups is 1. The standard InChI is InChI=1S/C11H13F3N2O2/c1-7-8(10(17)18)3-4-9(16-7)15-6-2-5-11(12,13)14/h3-4H,2,5-6H2,1H3,(H,15,16)(H,17,18). The fourth-order valence-electron chi connectivity index (χ4n) is 1.39. The lowest BCUT2D eigenvalue weighted by Gasteiger charge is -2.09. The topological polar surface area (TPSA) is 62.2 Å². The second-order valence-electron chi connectivity index (χ2n) is 3.78. The van der Waals surface area contributed by atoms with Crippen LogP contribution in [0.5, 0.6) is 0 Å². The molecule has 0 aliphatic carbocycles. The molecular weight excluding hydrogens is 249 g/mol. The number of hydrogen-bond acceptors (Lipinski definition) is 3. The molecule has 0 saturated carbocycles. The van der Waals surface area contributed by atoms with E-state index in [1.54, 1.807) is 0 Å². The van der Waals surface area contributed by atoms with Crippen molar-refractivity contribution >= 4 is 11.8 Å². The molecule has 0 saturated heterocycles. The average Bonchev–Trinajstić information content (AvgIpc) is 2.22. The maximum absolute atomic E-state index is 11.9. The summed E-state index contributed by atoms with van der Waals surface area (Å²) in [5.74, 6) is -0.705. The maximum Gasteiger partial charge on any atom is 0.389 e. The summed E-state index contributed by atoms with van der Waals surface area (Å²) in [5, 5.41) is 11.5. The Hall–Kier alpha value is -1.79. The summed E-state index contributed by atoms with van der Waals surface area (Å²) in [6.07, 6.45) is -5.06. The second-order valence-corrected chi connectivity index (χ2v) is 3.78. The molecule has 0 aromatic carbocycles. The van der Waals surface area contributed by atoms with Gasteiger partial charge in [0.2, 0.25) is 0 Å². The van der Waals surface area contributed by atoms with E-state index in [9.17, 15) is 18.0 Å². The molecule has 1 heterocycles. The Morgan fingerprint density at radius 2 is 2.11 bits per heavy atom. The number of anilines is 1. The van der Waals surface area contributed by atoms with Crippen molar-refractivity contribution in [3.05, 3.63) is 23.4 Å². The van der Waals surface area contributed by atoms with Crippen LogP contribution in [-0.2, 0) is 0 Å². The summed E-state index contributed by atoms with van der Waals surface area (Å²) < 4.78 is 35.6. The molecule has 0 bridgehead atoms. The van der Waals surface area contributed by atoms with E-state index in [0.29, 0.717) is 11.5 Å². The molecule has 0 fully saturated rings. The minimum Gasteiger partial charge on any atom is -0.478 e. The predicted molar refractivity (Wildman–Crippen MR) is 59.7 cm³/mol. The first-order chi connectivity index (χ1) is 8.29. The van der Waals surface area contributed by atoms with Gasteiger partial charge in [0, 0.05) is 13.0 Å². The molecule has 7 heteroatoms. The van der Waals surface area contributed by atoms with Crippen LogP contribution in [0.15, 0.2) is 12.1 Å². The lowest BCUT2D eigenvalue weighted by molar-refractivity contribution is -0.134. The molecule has 0 spiro atoms. The lowest BCUT2D eigenvalue weighted by Crippen LogP contribution is -2.12. The number of rotatable bonds is 5. The van der Waals surface area contributed by atoms with E-state index in [1.807, 2.05) is 0 Å². The van der Waals surface area contributed by atoms with Crippen LogP contribution in [0.1, 0.15) is 28.9 Å². The molecule has 1 rings (SSSR count). The molecule has 0 aliphatic rings. The van der Waals surface area contributed by atoms with Gasteiger partial charge in [0.25, 0.3) is 0 Å². The molecule has 18 heavy (non-hydrogen) atoms. The number of aromatic nitrogens is 1. The molecule has 0 atom stereocenters. The van der Waals surface area contributed by atoms with E-state index in [-0.39, 0.29) is 18.5 Å². The quantitative estimate of drug-likeness (QED) is 0.801. The van der Waals surface area contributed by atoms with Gasteiger partial charge in [-0.2, -0.15) is 13.2 Å². The van der Waals surface area contributed by atoms with E-state index in [1.165, 1.54) is 19.1 Å². The van der Waals surface area contributed by atoms with Crippen molar-refractivity contribution < 1.29 is 23.1 Å². The van der Waals surface area contributed by atoms with Crippen LogP contribution in [0, 0.1) is 6.92 Å². The van der Waals surface area contributed by atoms with Gasteiger partial charge in [0.1, 0.15) is 5.82 Å². The molecule has 100 valence electrons. The average molecular weight is 262 g/mol. The van der Waals surface area contributed by atoms with E-state index >= 15 is 0 Å². The number of pyridine rings is 1. The van der Waals surface area contributed by atoms with E-state index in [0.717, 1.165) is 0 Å². The van der Waals surface area contributed by atoms with Crippen molar-refractivity contribution in [1.82, 2.24) is 4.98 Å². The van der Waals surface area contributed by atoms with Gasteiger partial charge in [-0.25, -0.2) is 9.78 Å². The Labute approximate surface area is 102 Å². The summed E-state index contributed by atoms with van der Waals surface area (Å²) in [5.41, 5.74) is 0.402. The van der Waals surface area contributed by atoms with E-state index in [2.05, 4.69) is 10.3 Å². The molecule has 0 radical (unpaired) electrons. The van der Waals surface area contributed by atoms with Crippen LogP contribution >= 0.6 is 0 Å². The summed E-state index contributed by atoms with van der Waals surface area (Å²) in [6, 6.07) is 2.81. The highest BCUT2D eigenvalue weighted by atomic mass is 19.4. The molecule has 1 aromatic heterocycles. The molecule has 0 unspecified atom stereocenters. The van der Waals surface area contributed by atoms with Crippen molar-refractivity contribution in [3.8, 4) is 0 Å². The van der Waals surface area contributed by atoms with Crippen molar-refractivity contribution in [2.45, 2.75) is 25.9 Å². The zero-order chi connectivity index (χ0) is 13.8. The second kappa shape index (κ2) is 5.70. The Bertz CT molecular complexity index is 433. The van der Waals surface area contributed by atoms with Crippen molar-refractivity contribution in [1.29, 1.82) is 0 Å². The number of aryl methyl sites for hydroxylation is 1. The Morgan fingerprint density at radius 3 is 2.61 bits per heavy atom. The first-order valence-electron chi connectivity index (χ1n) is 5.31. The number of nitrogens with one attached hydrogen (secondary N) is 1. The smallest absolute Gasteiger partial charge is 0.389 e. The highest BCUT2D eigenvalue weighted by Crippen LogP contribution is 2.21. The van der Waals surface area contributed by atoms with Gasteiger partial charge in [-0.1, -0.05) is 0 Å². The summed E-state index contributed by atoms with van der Waals surface area (Å²) >= 11 is 0. The number of hydrogen-bond donors (Lipinski definition) is 2. The molecule has 1 aromatic rings. The number of alkyl halides is 3. The maximum atomic E-state index is 11.9. The zero-order valence-electron chi connectivity index (χ0n) is 9.71. The minimum atomic E-state index is -4.15. The van der Waals surface area contributed by atoms with E-state index < -0.39 is 18.6 Å². The van der Waals surface area contributed by atoms with Gasteiger partial charge in [0.15, 0.2) is 0 Å². The highest BCUT2D eigenvalue weighted by Gasteiger charge is 2.25. The SMILES string of the molecule is Cc1nc(NCCCC(F)(F)F)ccc1C(=O)O. The third kappa shape index (κ3) is 4.60. The Kier molecular flexibility index (Phi) is 4.52. The van der Waals surface area contributed by atoms with Gasteiger partial charge in [-0.15, -0.1) is 0 Å². The number of carboxylic acid groups (broad SMARTS) is 1. The van der Waals surface area contributed by atoms with Crippen LogP contribution in [0.4, 0.5) is 19.0 Å². The first-order valence-corrected chi connectivity index (χ1v) is 5.31. The third-order valence-electron chi connectivity index (χ3n) is 2.26. The zero-order valence-corrected chi connectivity index (χ0v) is 9.71. The van der Waals surface area contributed by atoms with Crippen LogP contribution in [0.3, 0.4) is 0 Å². The molecule has 2 N–H and O–H groups in total. The lowest BCUT2D eigenvalue weighted by atomic mass is 10.2. The Morgan fingerprint density at radius 1 is 1.44 bits per heavy atom. The molecule has 0 aliphatic heterocycles. The number of aromatic carboxylic acids is 1. The largest absolute Gasteiger partial charge is 0.478 e. The predicted octanol–water partition coefficient (Wildman–Crippen LogP) is 2.84. The van der Waals surface area contributed by atoms with Gasteiger partial charge >= 0.3 is 12.1 Å². The normalized spacial score (nSPS) is 11.3. The van der Waals surface area contributed by atoms with Crippen LogP contribution < -0.4 is 5.32 Å². The first kappa shape index (κ1) is 14.3. The van der Waals surface area contributed by atoms with Crippen molar-refractivity contribution in [2.24, 2.45) is 0 Å². The van der Waals surface area contributed by atoms with Crippen LogP contribution in [-0.4, -0.2) is 28.8 Å². The van der Waals surface area contributed by atoms with Gasteiger partial charge in [0.05, 0.1) is 11.3 Å². The third-order valence-corrected chi connectivity index (χ3v) is 2.26. The van der Waals surface area contributed by atoms with Gasteiger partial charge < -0.3 is 10.4 Å². The fraction of sp³-hybridized carbons (Fsp3) is 0.455. The number of halogens is 3. The summed E-state index contributed by atoms with van der Waals surface area (Å²) in [6.45, 7) is 1.67. The Balaban J connectivity index is 2.49. The summed E-state index contributed by atoms with van der Waals surface area (Å²) in [4.78, 5) is 14.7. The highest BCUT2D eigenvalue weighted by molar-refractivity contribution is 5.89. The van der Waals surface area contributed by atoms with Crippen molar-refractivity contribution in [2.75, 3.05) is 11.9 Å². The summed E-state index contributed by atoms with van der Waals surface area (Å²) in [7, 11) is 0. The fourth-order valence-corrected chi connectivity index (χ4v) is 1.39. The molecule has 4 nitrogen and oxygen atoms in total. The van der Waals surface area contributed by atoms with Gasteiger partial charge in [-0.3, -0.25) is 0 Å². The molecular formula is C11H13F3N2O2. The minimum absolute atomic E-state index is 0.0507. The molecule has 0 amide bonds. The van der Waals surface area contributed by atoms with Crippen molar-refractivity contribution in [3.63, 3.8) is 0 Å². The van der Waals surface area contributed by atoms with E-state index in [4.69, 9.17) is 5.11 Å². The van der Waals surface area contributed by atoms with Crippen LogP contribution in [0.25, 0.3) is 0 Å². The van der Waals surface area contributed by atoms with Gasteiger partial charge in [-0.05, 0) is 25.5 Å². The van der Waals surface area contributed by atoms with Crippen LogP contribution in [0.2, 0.25) is 0 Å².